The van der Waals surface area contributed by atoms with Crippen molar-refractivity contribution >= 4 is 0 Å². The second kappa shape index (κ2) is 4.34. The summed E-state index contributed by atoms with van der Waals surface area (Å²) < 4.78 is 0.792. The van der Waals surface area contributed by atoms with Crippen LogP contribution < -0.4 is 4.73 Å². The zero-order chi connectivity index (χ0) is 8.48. The zero-order valence-electron chi connectivity index (χ0n) is 7.66. The molecule has 0 aliphatic rings. The molecule has 0 bridgehead atoms. The molecule has 12 heavy (non-hydrogen) atoms. The van der Waals surface area contributed by atoms with Gasteiger partial charge in [0.15, 0.2) is 0 Å². The van der Waals surface area contributed by atoms with Gasteiger partial charge in [0, 0.05) is 38.1 Å². The van der Waals surface area contributed by atoms with Gasteiger partial charge in [0.25, 0.3) is 0 Å². The van der Waals surface area contributed by atoms with Crippen LogP contribution in [0, 0.1) is 11.4 Å². The second-order valence-corrected chi connectivity index (χ2v) is 3.58. The molecule has 0 aliphatic carbocycles. The minimum atomic E-state index is -0.0977. The van der Waals surface area contributed by atoms with E-state index in [4.69, 9.17) is 0 Å². The van der Waals surface area contributed by atoms with Crippen molar-refractivity contribution in [2.45, 2.75) is 26.2 Å². The molecule has 0 fully saturated rings. The summed E-state index contributed by atoms with van der Waals surface area (Å²) in [4.78, 5) is 0. The maximum absolute atomic E-state index is 11.1. The van der Waals surface area contributed by atoms with Crippen molar-refractivity contribution in [2.24, 2.45) is 0 Å². The predicted octanol–water partition coefficient (Wildman–Crippen LogP) is 1.42. The van der Waals surface area contributed by atoms with Crippen LogP contribution in [-0.2, 0) is 38.1 Å². The SMILES string of the molecule is CC(C)(C)c1ccc[c-][n+]1[O-].[Y]. The summed E-state index contributed by atoms with van der Waals surface area (Å²) in [6.07, 6.45) is 2.57. The Morgan fingerprint density at radius 1 is 1.42 bits per heavy atom. The first kappa shape index (κ1) is 12.1. The number of hydrogen-bond acceptors (Lipinski definition) is 1. The van der Waals surface area contributed by atoms with Crippen LogP contribution in [0.1, 0.15) is 26.5 Å². The van der Waals surface area contributed by atoms with E-state index in [0.29, 0.717) is 0 Å². The topological polar surface area (TPSA) is 26.9 Å². The molecular formula is C9H12NOY-. The van der Waals surface area contributed by atoms with E-state index in [9.17, 15) is 5.21 Å². The second-order valence-electron chi connectivity index (χ2n) is 3.58. The summed E-state index contributed by atoms with van der Waals surface area (Å²) in [7, 11) is 0. The quantitative estimate of drug-likeness (QED) is 0.382. The van der Waals surface area contributed by atoms with Crippen molar-refractivity contribution in [3.63, 3.8) is 0 Å². The molecule has 63 valence electrons. The van der Waals surface area contributed by atoms with Gasteiger partial charge in [-0.3, -0.25) is 4.73 Å². The van der Waals surface area contributed by atoms with Crippen molar-refractivity contribution in [1.29, 1.82) is 0 Å². The average molecular weight is 239 g/mol. The molecule has 0 atom stereocenters. The Kier molecular flexibility index (Phi) is 4.35. The van der Waals surface area contributed by atoms with Crippen molar-refractivity contribution < 1.29 is 37.4 Å². The van der Waals surface area contributed by atoms with Crippen LogP contribution >= 0.6 is 0 Å². The molecule has 0 aromatic carbocycles. The number of rotatable bonds is 0. The normalized spacial score (nSPS) is 10.6. The third-order valence-electron chi connectivity index (χ3n) is 1.53. The van der Waals surface area contributed by atoms with Crippen molar-refractivity contribution in [3.05, 3.63) is 35.3 Å². The molecular weight excluding hydrogens is 227 g/mol. The Bertz CT molecular complexity index is 255. The van der Waals surface area contributed by atoms with Crippen LogP contribution in [0.15, 0.2) is 18.2 Å². The van der Waals surface area contributed by atoms with Gasteiger partial charge in [-0.1, -0.05) is 20.8 Å². The first-order chi connectivity index (χ1) is 5.02. The zero-order valence-corrected chi connectivity index (χ0v) is 10.5. The Morgan fingerprint density at radius 3 is 2.33 bits per heavy atom. The molecule has 3 heteroatoms. The third kappa shape index (κ3) is 2.83. The van der Waals surface area contributed by atoms with E-state index in [1.54, 1.807) is 6.07 Å². The molecule has 2 nitrogen and oxygen atoms in total. The van der Waals surface area contributed by atoms with Gasteiger partial charge < -0.3 is 5.21 Å². The number of pyridine rings is 1. The fraction of sp³-hybridized carbons (Fsp3) is 0.444. The number of hydrogen-bond donors (Lipinski definition) is 0. The van der Waals surface area contributed by atoms with Gasteiger partial charge in [0.1, 0.15) is 6.20 Å². The molecule has 0 unspecified atom stereocenters. The Hall–Kier alpha value is 0.0539. The Morgan fingerprint density at radius 2 is 2.00 bits per heavy atom. The van der Waals surface area contributed by atoms with Crippen LogP contribution in [0.4, 0.5) is 0 Å². The summed E-state index contributed by atoms with van der Waals surface area (Å²) >= 11 is 0. The minimum absolute atomic E-state index is 0. The van der Waals surface area contributed by atoms with Crippen LogP contribution in [0.25, 0.3) is 0 Å². The predicted molar refractivity (Wildman–Crippen MR) is 42.9 cm³/mol. The molecule has 1 aromatic heterocycles. The maximum Gasteiger partial charge on any atom is 0.125 e. The van der Waals surface area contributed by atoms with Crippen LogP contribution in [0.3, 0.4) is 0 Å². The molecule has 0 saturated carbocycles. The van der Waals surface area contributed by atoms with Gasteiger partial charge in [-0.05, 0) is 0 Å². The number of nitrogens with zero attached hydrogens (tertiary/aromatic N) is 1. The maximum atomic E-state index is 11.1. The first-order valence-electron chi connectivity index (χ1n) is 3.62. The van der Waals surface area contributed by atoms with E-state index in [0.717, 1.165) is 10.4 Å². The van der Waals surface area contributed by atoms with Gasteiger partial charge in [0.05, 0.1) is 5.69 Å². The van der Waals surface area contributed by atoms with Gasteiger partial charge >= 0.3 is 0 Å². The summed E-state index contributed by atoms with van der Waals surface area (Å²) in [5, 5.41) is 11.1. The van der Waals surface area contributed by atoms with Crippen LogP contribution in [0.5, 0.6) is 0 Å². The summed E-state index contributed by atoms with van der Waals surface area (Å²) in [6.45, 7) is 6.01. The van der Waals surface area contributed by atoms with Crippen molar-refractivity contribution in [2.75, 3.05) is 0 Å². The molecule has 1 rings (SSSR count). The standard InChI is InChI=1S/C9H12NO.Y/c1-9(2,3)8-6-4-5-7-10(8)11;/h4-6H,1-3H3;/q-1;. The van der Waals surface area contributed by atoms with Crippen molar-refractivity contribution in [1.82, 2.24) is 0 Å². The summed E-state index contributed by atoms with van der Waals surface area (Å²) in [5.74, 6) is 0. The fourth-order valence-electron chi connectivity index (χ4n) is 0.942. The number of aromatic nitrogens is 1. The van der Waals surface area contributed by atoms with E-state index in [2.05, 4.69) is 6.20 Å². The molecule has 0 N–H and O–H groups in total. The third-order valence-corrected chi connectivity index (χ3v) is 1.53. The molecule has 1 aromatic rings. The van der Waals surface area contributed by atoms with Gasteiger partial charge in [-0.2, -0.15) is 6.07 Å². The molecule has 0 aliphatic heterocycles. The minimum Gasteiger partial charge on any atom is -0.640 e. The fourth-order valence-corrected chi connectivity index (χ4v) is 0.942. The average Bonchev–Trinajstić information content (AvgIpc) is 1.86. The monoisotopic (exact) mass is 239 g/mol. The van der Waals surface area contributed by atoms with E-state index >= 15 is 0 Å². The molecule has 0 saturated heterocycles. The van der Waals surface area contributed by atoms with Crippen LogP contribution in [-0.4, -0.2) is 0 Å². The van der Waals surface area contributed by atoms with E-state index in [1.165, 1.54) is 0 Å². The molecule has 0 amide bonds. The Labute approximate surface area is 98.5 Å². The van der Waals surface area contributed by atoms with E-state index in [1.807, 2.05) is 32.9 Å². The smallest absolute Gasteiger partial charge is 0.125 e. The van der Waals surface area contributed by atoms with Crippen molar-refractivity contribution in [3.8, 4) is 0 Å². The van der Waals surface area contributed by atoms with E-state index in [-0.39, 0.29) is 38.1 Å². The Balaban J connectivity index is 0.00000121. The van der Waals surface area contributed by atoms with Gasteiger partial charge in [-0.25, -0.2) is 0 Å². The largest absolute Gasteiger partial charge is 0.640 e. The van der Waals surface area contributed by atoms with Gasteiger partial charge in [0.2, 0.25) is 0 Å². The summed E-state index contributed by atoms with van der Waals surface area (Å²) in [5.41, 5.74) is 0.652. The van der Waals surface area contributed by atoms with Gasteiger partial charge in [-0.15, -0.1) is 12.1 Å². The molecule has 0 spiro atoms. The summed E-state index contributed by atoms with van der Waals surface area (Å²) in [6, 6.07) is 5.26. The molecule has 1 heterocycles. The van der Waals surface area contributed by atoms with E-state index < -0.39 is 0 Å². The first-order valence-corrected chi connectivity index (χ1v) is 3.62. The van der Waals surface area contributed by atoms with Crippen LogP contribution in [0.2, 0.25) is 0 Å². The molecule has 1 radical (unpaired) electrons.